The molecule has 0 unspecified atom stereocenters. The Morgan fingerprint density at radius 2 is 0.396 bits per heavy atom. The first-order chi connectivity index (χ1) is 43.1. The Balaban J connectivity index is 0.000000195. The molecule has 0 radical (unpaired) electrons. The van der Waals surface area contributed by atoms with Crippen LogP contribution in [0.15, 0.2) is 212 Å². The van der Waals surface area contributed by atoms with Gasteiger partial charge in [-0.3, -0.25) is 0 Å². The second-order valence-corrected chi connectivity index (χ2v) is 25.6. The maximum Gasteiger partial charge on any atom is 0.127 e. The lowest BCUT2D eigenvalue weighted by Crippen LogP contribution is -1.98. The largest absolute Gasteiger partial charge is 0.457 e. The highest BCUT2D eigenvalue weighted by atomic mass is 16.5. The monoisotopic (exact) mass is 1200 g/mol. The molecule has 0 amide bonds. The third-order valence-electron chi connectivity index (χ3n) is 17.8. The first-order valence-electron chi connectivity index (χ1n) is 32.4. The van der Waals surface area contributed by atoms with Crippen LogP contribution in [0.2, 0.25) is 0 Å². The first kappa shape index (κ1) is 73.0. The fourth-order valence-electron chi connectivity index (χ4n) is 10.1. The van der Waals surface area contributed by atoms with Crippen molar-refractivity contribution in [2.45, 2.75) is 166 Å². The molecule has 0 aliphatic rings. The van der Waals surface area contributed by atoms with Crippen LogP contribution >= 0.6 is 0 Å². The van der Waals surface area contributed by atoms with Gasteiger partial charge in [-0.25, -0.2) is 0 Å². The van der Waals surface area contributed by atoms with Gasteiger partial charge in [-0.15, -0.1) is 0 Å². The average molecular weight is 1200 g/mol. The van der Waals surface area contributed by atoms with Crippen LogP contribution in [0, 0.1) is 159 Å². The van der Waals surface area contributed by atoms with E-state index in [-0.39, 0.29) is 0 Å². The van der Waals surface area contributed by atoms with E-state index < -0.39 is 0 Å². The van der Waals surface area contributed by atoms with Crippen LogP contribution in [0.4, 0.5) is 0 Å². The van der Waals surface area contributed by atoms with Crippen LogP contribution in [0.3, 0.4) is 0 Å². The lowest BCUT2D eigenvalue weighted by atomic mass is 9.90. The summed E-state index contributed by atoms with van der Waals surface area (Å²) in [4.78, 5) is 0. The Bertz CT molecular complexity index is 3570. The standard InChI is InChI=1S/C18H22.C15H16.C14H14O.C14H14.C12H18.C9H12.C8H10/c1-11-7-17(8-12(2)15(11)5)18-9-13(3)16(6)14(4)10-18;1-12-3-7-14(8-4-12)11-15-9-5-13(2)6-10-15;1-11-3-7-13(8-4-11)15-14-9-5-12(2)6-10-14;1-11-3-7-13(8-4-11)14-9-5-12(2)6-10-14;1-7-8(2)10(4)12(6)11(5)9(7)3;1-7-4-5-8(2)9(3)6-7;1-7-3-5-8(2)6-4-7/h7-10H,1-6H3;3-10H,11H2,1-2H3;3-10H,1-2H3;3-10H,1-2H3;1-6H3;4-6H,1-3H3;3-6H,1-2H3. The number of hydrogen-bond acceptors (Lipinski definition) is 1. The quantitative estimate of drug-likeness (QED) is 0.161. The summed E-state index contributed by atoms with van der Waals surface area (Å²) in [6.45, 7) is 49.6. The lowest BCUT2D eigenvalue weighted by molar-refractivity contribution is 0.482. The minimum atomic E-state index is 0.879. The molecule has 91 heavy (non-hydrogen) atoms. The van der Waals surface area contributed by atoms with E-state index in [2.05, 4.69) is 323 Å². The summed E-state index contributed by atoms with van der Waals surface area (Å²) in [5.74, 6) is 1.76. The summed E-state index contributed by atoms with van der Waals surface area (Å²) in [6, 6.07) is 75.0. The van der Waals surface area contributed by atoms with Crippen molar-refractivity contribution in [3.8, 4) is 33.8 Å². The van der Waals surface area contributed by atoms with E-state index in [0.29, 0.717) is 0 Å². The van der Waals surface area contributed by atoms with Gasteiger partial charge in [0.15, 0.2) is 0 Å². The predicted octanol–water partition coefficient (Wildman–Crippen LogP) is 25.6. The van der Waals surface area contributed by atoms with E-state index in [9.17, 15) is 0 Å². The Morgan fingerprint density at radius 3 is 0.637 bits per heavy atom. The minimum absolute atomic E-state index is 0.879. The second kappa shape index (κ2) is 35.6. The van der Waals surface area contributed by atoms with Gasteiger partial charge >= 0.3 is 0 Å². The zero-order valence-electron chi connectivity index (χ0n) is 59.8. The Morgan fingerprint density at radius 1 is 0.176 bits per heavy atom. The molecule has 0 saturated heterocycles. The van der Waals surface area contributed by atoms with Crippen molar-refractivity contribution in [2.24, 2.45) is 0 Å². The molecule has 0 atom stereocenters. The molecule has 11 aromatic carbocycles. The van der Waals surface area contributed by atoms with E-state index in [4.69, 9.17) is 4.74 Å². The molecule has 0 aromatic heterocycles. The molecule has 0 spiro atoms. The van der Waals surface area contributed by atoms with Crippen LogP contribution in [0.1, 0.15) is 139 Å². The van der Waals surface area contributed by atoms with Gasteiger partial charge in [0, 0.05) is 0 Å². The predicted molar refractivity (Wildman–Crippen MR) is 401 cm³/mol. The van der Waals surface area contributed by atoms with Gasteiger partial charge < -0.3 is 4.74 Å². The summed E-state index contributed by atoms with van der Waals surface area (Å²) in [7, 11) is 0. The molecule has 1 heteroatoms. The topological polar surface area (TPSA) is 9.23 Å². The maximum absolute atomic E-state index is 5.69. The highest BCUT2D eigenvalue weighted by Crippen LogP contribution is 2.29. The molecular formula is C90H106O. The summed E-state index contributed by atoms with van der Waals surface area (Å²) in [5.41, 5.74) is 39.5. The minimum Gasteiger partial charge on any atom is -0.457 e. The zero-order valence-corrected chi connectivity index (χ0v) is 59.8. The van der Waals surface area contributed by atoms with Crippen LogP contribution in [-0.4, -0.2) is 0 Å². The van der Waals surface area contributed by atoms with Crippen molar-refractivity contribution >= 4 is 0 Å². The highest BCUT2D eigenvalue weighted by Gasteiger charge is 2.09. The average Bonchev–Trinajstić information content (AvgIpc) is 1.50. The molecule has 0 bridgehead atoms. The molecule has 0 fully saturated rings. The normalized spacial score (nSPS) is 10.2. The third kappa shape index (κ3) is 23.8. The van der Waals surface area contributed by atoms with Gasteiger partial charge in [0.05, 0.1) is 0 Å². The smallest absolute Gasteiger partial charge is 0.127 e. The van der Waals surface area contributed by atoms with E-state index in [1.807, 2.05) is 48.5 Å². The molecule has 11 rings (SSSR count). The van der Waals surface area contributed by atoms with Crippen LogP contribution in [0.5, 0.6) is 11.5 Å². The number of hydrogen-bond donors (Lipinski definition) is 0. The molecular weight excluding hydrogens is 1100 g/mol. The zero-order chi connectivity index (χ0) is 67.1. The lowest BCUT2D eigenvalue weighted by Gasteiger charge is -2.15. The van der Waals surface area contributed by atoms with Crippen molar-refractivity contribution in [3.63, 3.8) is 0 Å². The molecule has 1 nitrogen and oxygen atoms in total. The van der Waals surface area contributed by atoms with E-state index >= 15 is 0 Å². The molecule has 0 aliphatic heterocycles. The Hall–Kier alpha value is -8.78. The molecule has 0 heterocycles. The fraction of sp³-hybridized carbons (Fsp3) is 0.267. The maximum atomic E-state index is 5.69. The van der Waals surface area contributed by atoms with Crippen LogP contribution in [0.25, 0.3) is 22.3 Å². The Labute approximate surface area is 552 Å². The molecule has 0 aliphatic carbocycles. The van der Waals surface area contributed by atoms with Crippen molar-refractivity contribution in [1.29, 1.82) is 0 Å². The van der Waals surface area contributed by atoms with E-state index in [1.165, 1.54) is 161 Å². The van der Waals surface area contributed by atoms with Crippen molar-refractivity contribution in [3.05, 3.63) is 351 Å². The summed E-state index contributed by atoms with van der Waals surface area (Å²) >= 11 is 0. The third-order valence-corrected chi connectivity index (χ3v) is 17.8. The second-order valence-electron chi connectivity index (χ2n) is 25.6. The van der Waals surface area contributed by atoms with Crippen LogP contribution < -0.4 is 4.74 Å². The number of aryl methyl sites for hydroxylation is 15. The summed E-state index contributed by atoms with van der Waals surface area (Å²) in [5, 5.41) is 0. The van der Waals surface area contributed by atoms with E-state index in [0.717, 1.165) is 17.9 Å². The van der Waals surface area contributed by atoms with Gasteiger partial charge in [-0.05, 0) is 301 Å². The highest BCUT2D eigenvalue weighted by molar-refractivity contribution is 5.69. The Kier molecular flexibility index (Phi) is 28.5. The molecule has 0 saturated carbocycles. The van der Waals surface area contributed by atoms with Crippen molar-refractivity contribution in [2.75, 3.05) is 0 Å². The fourth-order valence-corrected chi connectivity index (χ4v) is 10.1. The van der Waals surface area contributed by atoms with Crippen molar-refractivity contribution in [1.82, 2.24) is 0 Å². The van der Waals surface area contributed by atoms with Gasteiger partial charge in [0.25, 0.3) is 0 Å². The summed E-state index contributed by atoms with van der Waals surface area (Å²) < 4.78 is 5.69. The SMILES string of the molecule is Cc1c(C)c(C)c(C)c(C)c1C.Cc1cc(-c2cc(C)c(C)c(C)c2)cc(C)c1C.Cc1ccc(-c2ccc(C)cc2)cc1.Cc1ccc(C)c(C)c1.Cc1ccc(C)cc1.Cc1ccc(Cc2ccc(C)cc2)cc1.Cc1ccc(Oc2ccc(C)cc2)cc1. The summed E-state index contributed by atoms with van der Waals surface area (Å²) in [6.07, 6.45) is 1.03. The number of rotatable bonds is 6. The van der Waals surface area contributed by atoms with Crippen molar-refractivity contribution < 1.29 is 4.74 Å². The number of ether oxygens (including phenoxy) is 1. The number of benzene rings is 11. The molecule has 0 N–H and O–H groups in total. The van der Waals surface area contributed by atoms with Gasteiger partial charge in [0.2, 0.25) is 0 Å². The van der Waals surface area contributed by atoms with Gasteiger partial charge in [-0.1, -0.05) is 238 Å². The van der Waals surface area contributed by atoms with E-state index in [1.54, 1.807) is 0 Å². The van der Waals surface area contributed by atoms with Gasteiger partial charge in [0.1, 0.15) is 11.5 Å². The molecule has 11 aromatic rings. The van der Waals surface area contributed by atoms with Gasteiger partial charge in [-0.2, -0.15) is 0 Å². The molecule has 472 valence electrons. The first-order valence-corrected chi connectivity index (χ1v) is 32.4. The van der Waals surface area contributed by atoms with Crippen LogP contribution in [-0.2, 0) is 6.42 Å².